The van der Waals surface area contributed by atoms with Gasteiger partial charge in [0.05, 0.1) is 0 Å². The molecule has 3 aliphatic rings. The van der Waals surface area contributed by atoms with E-state index in [1.807, 2.05) is 26.0 Å². The molecule has 1 spiro atoms. The number of aromatic hydroxyl groups is 1. The minimum Gasteiger partial charge on any atom is -0.508 e. The molecule has 1 heterocycles. The van der Waals surface area contributed by atoms with E-state index >= 15 is 0 Å². The van der Waals surface area contributed by atoms with Gasteiger partial charge in [0.1, 0.15) is 5.75 Å². The summed E-state index contributed by atoms with van der Waals surface area (Å²) in [5.41, 5.74) is 5.51. The molecule has 204 valence electrons. The summed E-state index contributed by atoms with van der Waals surface area (Å²) in [5.74, 6) is 3.56. The van der Waals surface area contributed by atoms with Crippen LogP contribution in [-0.4, -0.2) is 46.7 Å². The van der Waals surface area contributed by atoms with Crippen LogP contribution in [0.3, 0.4) is 0 Å². The van der Waals surface area contributed by atoms with Crippen molar-refractivity contribution in [2.45, 2.75) is 91.9 Å². The van der Waals surface area contributed by atoms with E-state index < -0.39 is 0 Å². The average molecular weight is 507 g/mol. The van der Waals surface area contributed by atoms with Crippen molar-refractivity contribution in [1.29, 1.82) is 0 Å². The zero-order valence-electron chi connectivity index (χ0n) is 24.4. The number of hydrogen-bond acceptors (Lipinski definition) is 5. The van der Waals surface area contributed by atoms with E-state index in [1.54, 1.807) is 0 Å². The number of phenolic OH excluding ortho intramolecular Hbond substituents is 1. The van der Waals surface area contributed by atoms with Crippen molar-refractivity contribution in [2.24, 2.45) is 23.2 Å². The number of aromatic nitrogens is 2. The van der Waals surface area contributed by atoms with Crippen molar-refractivity contribution < 1.29 is 5.11 Å². The molecule has 3 atom stereocenters. The van der Waals surface area contributed by atoms with E-state index in [4.69, 9.17) is 0 Å². The van der Waals surface area contributed by atoms with Gasteiger partial charge in [-0.2, -0.15) is 0 Å². The van der Waals surface area contributed by atoms with E-state index in [0.29, 0.717) is 17.1 Å². The number of hydrogen-bond donors (Lipinski definition) is 2. The Balaban J connectivity index is 0.000000225. The molecule has 1 aromatic carbocycles. The van der Waals surface area contributed by atoms with Crippen LogP contribution in [0, 0.1) is 37.0 Å². The maximum atomic E-state index is 10.2. The molecular formula is C32H50N4O. The number of aryl methyl sites for hydroxylation is 2. The Kier molecular flexibility index (Phi) is 8.52. The summed E-state index contributed by atoms with van der Waals surface area (Å²) in [6, 6.07) is 8.15. The second-order valence-corrected chi connectivity index (χ2v) is 13.0. The molecule has 2 saturated carbocycles. The van der Waals surface area contributed by atoms with Gasteiger partial charge in [0.15, 0.2) is 0 Å². The number of anilines is 1. The Bertz CT molecular complexity index is 1040. The summed E-state index contributed by atoms with van der Waals surface area (Å²) in [7, 11) is 2.33. The zero-order chi connectivity index (χ0) is 26.8. The van der Waals surface area contributed by atoms with Gasteiger partial charge in [-0.15, -0.1) is 0 Å². The van der Waals surface area contributed by atoms with Crippen LogP contribution in [-0.2, 0) is 11.8 Å². The summed E-state index contributed by atoms with van der Waals surface area (Å²) >= 11 is 0. The standard InChI is InChI=1S/C23H35NO.C9H15N3/c1-16-12-22(2,3)23(13-16)19(15-24(4)14-17-6-5-7-17)10-18-8-9-20(25)11-21(18)23;1-4-5-10-9-11-7(2)6-8(3)12-9/h8-9,11,16-17,19,25H,5-7,10,12-15H2,1-4H3;6H,4-5H2,1-3H3,(H,10,11,12)/t16-,19?,23?;/m0./s1. The molecule has 2 aromatic rings. The molecule has 5 heteroatoms. The van der Waals surface area contributed by atoms with E-state index in [1.165, 1.54) is 62.7 Å². The SMILES string of the molecule is CCCNc1nc(C)cc(C)n1.C[C@H]1CC(C)(C)C2(C1)c1cc(O)ccc1CC2CN(C)CC1CCC1. The largest absolute Gasteiger partial charge is 0.508 e. The lowest BCUT2D eigenvalue weighted by molar-refractivity contribution is 0.0961. The first-order valence-corrected chi connectivity index (χ1v) is 14.6. The van der Waals surface area contributed by atoms with Crippen LogP contribution in [0.5, 0.6) is 5.75 Å². The fraction of sp³-hybridized carbons (Fsp3) is 0.688. The van der Waals surface area contributed by atoms with Crippen molar-refractivity contribution in [3.05, 3.63) is 46.8 Å². The van der Waals surface area contributed by atoms with Crippen LogP contribution in [0.25, 0.3) is 0 Å². The first-order valence-electron chi connectivity index (χ1n) is 14.6. The Morgan fingerprint density at radius 1 is 1.05 bits per heavy atom. The molecule has 0 radical (unpaired) electrons. The van der Waals surface area contributed by atoms with Crippen molar-refractivity contribution in [2.75, 3.05) is 32.0 Å². The Hall–Kier alpha value is -2.14. The Morgan fingerprint density at radius 2 is 1.76 bits per heavy atom. The molecule has 2 N–H and O–H groups in total. The van der Waals surface area contributed by atoms with E-state index in [0.717, 1.165) is 42.1 Å². The second-order valence-electron chi connectivity index (χ2n) is 13.0. The lowest BCUT2D eigenvalue weighted by atomic mass is 9.60. The molecule has 2 fully saturated rings. The predicted molar refractivity (Wildman–Crippen MR) is 154 cm³/mol. The maximum absolute atomic E-state index is 10.2. The monoisotopic (exact) mass is 506 g/mol. The molecule has 5 rings (SSSR count). The fourth-order valence-electron chi connectivity index (χ4n) is 7.79. The number of benzene rings is 1. The van der Waals surface area contributed by atoms with Gasteiger partial charge in [-0.05, 0) is 112 Å². The number of nitrogens with zero attached hydrogens (tertiary/aromatic N) is 3. The lowest BCUT2D eigenvalue weighted by Gasteiger charge is -2.46. The summed E-state index contributed by atoms with van der Waals surface area (Å²) in [5, 5.41) is 13.3. The van der Waals surface area contributed by atoms with Crippen molar-refractivity contribution >= 4 is 5.95 Å². The molecule has 37 heavy (non-hydrogen) atoms. The minimum absolute atomic E-state index is 0.231. The van der Waals surface area contributed by atoms with Gasteiger partial charge in [0.25, 0.3) is 0 Å². The van der Waals surface area contributed by atoms with Crippen molar-refractivity contribution in [1.82, 2.24) is 14.9 Å². The predicted octanol–water partition coefficient (Wildman–Crippen LogP) is 6.91. The van der Waals surface area contributed by atoms with E-state index in [2.05, 4.69) is 67.1 Å². The number of fused-ring (bicyclic) bond motifs is 2. The maximum Gasteiger partial charge on any atom is 0.223 e. The second kappa shape index (κ2) is 11.3. The van der Waals surface area contributed by atoms with Crippen molar-refractivity contribution in [3.63, 3.8) is 0 Å². The van der Waals surface area contributed by atoms with Gasteiger partial charge in [-0.3, -0.25) is 0 Å². The highest BCUT2D eigenvalue weighted by Crippen LogP contribution is 2.64. The zero-order valence-corrected chi connectivity index (χ0v) is 24.4. The van der Waals surface area contributed by atoms with E-state index in [9.17, 15) is 5.11 Å². The third-order valence-electron chi connectivity index (χ3n) is 9.32. The molecule has 3 aliphatic carbocycles. The van der Waals surface area contributed by atoms with Crippen LogP contribution in [0.2, 0.25) is 0 Å². The van der Waals surface area contributed by atoms with Crippen LogP contribution < -0.4 is 5.32 Å². The third kappa shape index (κ3) is 5.97. The normalized spacial score (nSPS) is 26.1. The van der Waals surface area contributed by atoms with Crippen LogP contribution >= 0.6 is 0 Å². The van der Waals surface area contributed by atoms with Crippen LogP contribution in [0.1, 0.15) is 88.7 Å². The van der Waals surface area contributed by atoms with Crippen LogP contribution in [0.15, 0.2) is 24.3 Å². The van der Waals surface area contributed by atoms with Crippen LogP contribution in [0.4, 0.5) is 5.95 Å². The molecule has 5 nitrogen and oxygen atoms in total. The molecule has 0 amide bonds. The van der Waals surface area contributed by atoms with Gasteiger partial charge in [0.2, 0.25) is 5.95 Å². The fourth-order valence-corrected chi connectivity index (χ4v) is 7.79. The Labute approximate surface area is 225 Å². The smallest absolute Gasteiger partial charge is 0.223 e. The Morgan fingerprint density at radius 3 is 2.32 bits per heavy atom. The average Bonchev–Trinajstić information content (AvgIpc) is 3.21. The highest BCUT2D eigenvalue weighted by molar-refractivity contribution is 5.48. The number of phenols is 1. The number of nitrogens with one attached hydrogen (secondary N) is 1. The number of rotatable bonds is 7. The summed E-state index contributed by atoms with van der Waals surface area (Å²) in [6.45, 7) is 16.9. The molecule has 0 saturated heterocycles. The molecular weight excluding hydrogens is 456 g/mol. The first-order chi connectivity index (χ1) is 17.5. The van der Waals surface area contributed by atoms with Gasteiger partial charge in [-0.25, -0.2) is 9.97 Å². The minimum atomic E-state index is 0.231. The van der Waals surface area contributed by atoms with Gasteiger partial charge in [0, 0.05) is 36.4 Å². The highest BCUT2D eigenvalue weighted by atomic mass is 16.3. The molecule has 2 unspecified atom stereocenters. The highest BCUT2D eigenvalue weighted by Gasteiger charge is 2.59. The summed E-state index contributed by atoms with van der Waals surface area (Å²) < 4.78 is 0. The van der Waals surface area contributed by atoms with Gasteiger partial charge >= 0.3 is 0 Å². The quantitative estimate of drug-likeness (QED) is 0.427. The molecule has 0 bridgehead atoms. The lowest BCUT2D eigenvalue weighted by Crippen LogP contribution is -2.46. The first kappa shape index (κ1) is 27.9. The topological polar surface area (TPSA) is 61.3 Å². The summed E-state index contributed by atoms with van der Waals surface area (Å²) in [6.07, 6.45) is 9.13. The van der Waals surface area contributed by atoms with Crippen molar-refractivity contribution in [3.8, 4) is 5.75 Å². The van der Waals surface area contributed by atoms with Gasteiger partial charge in [-0.1, -0.05) is 40.2 Å². The van der Waals surface area contributed by atoms with E-state index in [-0.39, 0.29) is 5.41 Å². The van der Waals surface area contributed by atoms with Gasteiger partial charge < -0.3 is 15.3 Å². The summed E-state index contributed by atoms with van der Waals surface area (Å²) in [4.78, 5) is 11.1. The molecule has 1 aromatic heterocycles. The third-order valence-corrected chi connectivity index (χ3v) is 9.32. The molecule has 0 aliphatic heterocycles.